The standard InChI is InChI=1S/C9H19NO2/c1-2-5-10-6-8-3-4-9(7-11)12-8/h8-11H,2-7H2,1H3/t8-,9+/m1/s1. The highest BCUT2D eigenvalue weighted by atomic mass is 16.5. The Bertz CT molecular complexity index is 119. The number of aliphatic hydroxyl groups excluding tert-OH is 1. The molecule has 0 radical (unpaired) electrons. The second-order valence-electron chi connectivity index (χ2n) is 3.34. The van der Waals surface area contributed by atoms with E-state index in [4.69, 9.17) is 9.84 Å². The van der Waals surface area contributed by atoms with Crippen LogP contribution in [0, 0.1) is 0 Å². The van der Waals surface area contributed by atoms with Gasteiger partial charge in [0.1, 0.15) is 0 Å². The summed E-state index contributed by atoms with van der Waals surface area (Å²) < 4.78 is 5.54. The van der Waals surface area contributed by atoms with Crippen LogP contribution < -0.4 is 5.32 Å². The number of aliphatic hydroxyl groups is 1. The Morgan fingerprint density at radius 3 is 2.75 bits per heavy atom. The molecule has 12 heavy (non-hydrogen) atoms. The maximum Gasteiger partial charge on any atom is 0.0811 e. The predicted octanol–water partition coefficient (Wildman–Crippen LogP) is 0.526. The third-order valence-corrected chi connectivity index (χ3v) is 2.20. The molecule has 2 N–H and O–H groups in total. The molecular formula is C9H19NO2. The van der Waals surface area contributed by atoms with Gasteiger partial charge in [0.15, 0.2) is 0 Å². The van der Waals surface area contributed by atoms with Crippen LogP contribution in [-0.4, -0.2) is 37.0 Å². The monoisotopic (exact) mass is 173 g/mol. The first-order chi connectivity index (χ1) is 5.86. The number of hydrogen-bond donors (Lipinski definition) is 2. The average molecular weight is 173 g/mol. The van der Waals surface area contributed by atoms with Gasteiger partial charge in [-0.3, -0.25) is 0 Å². The van der Waals surface area contributed by atoms with E-state index < -0.39 is 0 Å². The quantitative estimate of drug-likeness (QED) is 0.596. The van der Waals surface area contributed by atoms with Crippen LogP contribution in [0.25, 0.3) is 0 Å². The molecule has 72 valence electrons. The first-order valence-electron chi connectivity index (χ1n) is 4.83. The summed E-state index contributed by atoms with van der Waals surface area (Å²) in [6, 6.07) is 0. The number of ether oxygens (including phenoxy) is 1. The lowest BCUT2D eigenvalue weighted by atomic mass is 10.2. The molecule has 0 saturated carbocycles. The predicted molar refractivity (Wildman–Crippen MR) is 48.1 cm³/mol. The van der Waals surface area contributed by atoms with Crippen LogP contribution in [-0.2, 0) is 4.74 Å². The third kappa shape index (κ3) is 3.09. The smallest absolute Gasteiger partial charge is 0.0811 e. The van der Waals surface area contributed by atoms with Gasteiger partial charge in [0.05, 0.1) is 18.8 Å². The maximum absolute atomic E-state index is 8.81. The molecule has 1 saturated heterocycles. The lowest BCUT2D eigenvalue weighted by molar-refractivity contribution is 0.0125. The molecule has 1 rings (SSSR count). The van der Waals surface area contributed by atoms with Crippen LogP contribution in [0.2, 0.25) is 0 Å². The summed E-state index contributed by atoms with van der Waals surface area (Å²) in [5.41, 5.74) is 0. The molecule has 3 heteroatoms. The second-order valence-corrected chi connectivity index (χ2v) is 3.34. The van der Waals surface area contributed by atoms with Gasteiger partial charge in [-0.1, -0.05) is 6.92 Å². The molecule has 0 aromatic rings. The Hall–Kier alpha value is -0.120. The molecule has 1 heterocycles. The lowest BCUT2D eigenvalue weighted by Gasteiger charge is -2.12. The van der Waals surface area contributed by atoms with E-state index in [0.717, 1.165) is 32.4 Å². The molecule has 0 amide bonds. The number of hydrogen-bond acceptors (Lipinski definition) is 3. The minimum Gasteiger partial charge on any atom is -0.394 e. The average Bonchev–Trinajstić information content (AvgIpc) is 2.53. The van der Waals surface area contributed by atoms with Crippen LogP contribution >= 0.6 is 0 Å². The van der Waals surface area contributed by atoms with Crippen molar-refractivity contribution in [1.29, 1.82) is 0 Å². The fourth-order valence-electron chi connectivity index (χ4n) is 1.50. The first kappa shape index (κ1) is 9.96. The van der Waals surface area contributed by atoms with Gasteiger partial charge in [0, 0.05) is 6.54 Å². The molecular weight excluding hydrogens is 154 g/mol. The molecule has 0 bridgehead atoms. The lowest BCUT2D eigenvalue weighted by Crippen LogP contribution is -2.28. The van der Waals surface area contributed by atoms with Crippen LogP contribution in [0.15, 0.2) is 0 Å². The molecule has 0 unspecified atom stereocenters. The van der Waals surface area contributed by atoms with Gasteiger partial charge in [-0.2, -0.15) is 0 Å². The van der Waals surface area contributed by atoms with Crippen LogP contribution in [0.1, 0.15) is 26.2 Å². The Morgan fingerprint density at radius 2 is 2.17 bits per heavy atom. The molecule has 0 aromatic carbocycles. The van der Waals surface area contributed by atoms with Gasteiger partial charge in [-0.25, -0.2) is 0 Å². The molecule has 0 aromatic heterocycles. The molecule has 1 fully saturated rings. The van der Waals surface area contributed by atoms with E-state index in [1.807, 2.05) is 0 Å². The summed E-state index contributed by atoms with van der Waals surface area (Å²) in [5, 5.41) is 12.1. The highest BCUT2D eigenvalue weighted by Gasteiger charge is 2.23. The summed E-state index contributed by atoms with van der Waals surface area (Å²) in [4.78, 5) is 0. The zero-order chi connectivity index (χ0) is 8.81. The summed E-state index contributed by atoms with van der Waals surface area (Å²) in [6.07, 6.45) is 3.68. The van der Waals surface area contributed by atoms with Gasteiger partial charge in [-0.15, -0.1) is 0 Å². The zero-order valence-corrected chi connectivity index (χ0v) is 7.75. The summed E-state index contributed by atoms with van der Waals surface area (Å²) in [5.74, 6) is 0. The topological polar surface area (TPSA) is 41.5 Å². The van der Waals surface area contributed by atoms with Crippen molar-refractivity contribution in [3.8, 4) is 0 Å². The number of nitrogens with one attached hydrogen (secondary N) is 1. The van der Waals surface area contributed by atoms with Crippen molar-refractivity contribution in [3.63, 3.8) is 0 Å². The van der Waals surface area contributed by atoms with E-state index in [0.29, 0.717) is 6.10 Å². The minimum absolute atomic E-state index is 0.0958. The summed E-state index contributed by atoms with van der Waals surface area (Å²) >= 11 is 0. The SMILES string of the molecule is CCCNC[C@H]1CC[C@@H](CO)O1. The molecule has 0 spiro atoms. The van der Waals surface area contributed by atoms with E-state index in [-0.39, 0.29) is 12.7 Å². The molecule has 1 aliphatic heterocycles. The molecule has 0 aliphatic carbocycles. The normalized spacial score (nSPS) is 29.5. The van der Waals surface area contributed by atoms with Gasteiger partial charge in [0.2, 0.25) is 0 Å². The molecule has 3 nitrogen and oxygen atoms in total. The van der Waals surface area contributed by atoms with Crippen molar-refractivity contribution in [3.05, 3.63) is 0 Å². The first-order valence-corrected chi connectivity index (χ1v) is 4.83. The minimum atomic E-state index is 0.0958. The largest absolute Gasteiger partial charge is 0.394 e. The van der Waals surface area contributed by atoms with Crippen LogP contribution in [0.4, 0.5) is 0 Å². The van der Waals surface area contributed by atoms with Crippen LogP contribution in [0.5, 0.6) is 0 Å². The second kappa shape index (κ2) is 5.51. The zero-order valence-electron chi connectivity index (χ0n) is 7.75. The van der Waals surface area contributed by atoms with Crippen molar-refractivity contribution in [2.45, 2.75) is 38.4 Å². The summed E-state index contributed by atoms with van der Waals surface area (Å²) in [7, 11) is 0. The fourth-order valence-corrected chi connectivity index (χ4v) is 1.50. The Kier molecular flexibility index (Phi) is 4.58. The van der Waals surface area contributed by atoms with E-state index in [1.54, 1.807) is 0 Å². The van der Waals surface area contributed by atoms with Gasteiger partial charge in [0.25, 0.3) is 0 Å². The van der Waals surface area contributed by atoms with Crippen molar-refractivity contribution in [2.75, 3.05) is 19.7 Å². The Labute approximate surface area is 74.1 Å². The fraction of sp³-hybridized carbons (Fsp3) is 1.00. The van der Waals surface area contributed by atoms with Gasteiger partial charge >= 0.3 is 0 Å². The highest BCUT2D eigenvalue weighted by molar-refractivity contribution is 4.74. The van der Waals surface area contributed by atoms with Gasteiger partial charge in [-0.05, 0) is 25.8 Å². The van der Waals surface area contributed by atoms with E-state index in [1.165, 1.54) is 0 Å². The van der Waals surface area contributed by atoms with Gasteiger partial charge < -0.3 is 15.2 Å². The maximum atomic E-state index is 8.81. The highest BCUT2D eigenvalue weighted by Crippen LogP contribution is 2.18. The number of rotatable bonds is 5. The van der Waals surface area contributed by atoms with Crippen LogP contribution in [0.3, 0.4) is 0 Å². The van der Waals surface area contributed by atoms with Crippen molar-refractivity contribution < 1.29 is 9.84 Å². The Morgan fingerprint density at radius 1 is 1.42 bits per heavy atom. The van der Waals surface area contributed by atoms with E-state index >= 15 is 0 Å². The van der Waals surface area contributed by atoms with Crippen molar-refractivity contribution >= 4 is 0 Å². The Balaban J connectivity index is 2.03. The van der Waals surface area contributed by atoms with E-state index in [9.17, 15) is 0 Å². The molecule has 1 aliphatic rings. The molecule has 2 atom stereocenters. The van der Waals surface area contributed by atoms with Crippen molar-refractivity contribution in [1.82, 2.24) is 5.32 Å². The third-order valence-electron chi connectivity index (χ3n) is 2.20. The summed E-state index contributed by atoms with van der Waals surface area (Å²) in [6.45, 7) is 4.32. The van der Waals surface area contributed by atoms with E-state index in [2.05, 4.69) is 12.2 Å². The van der Waals surface area contributed by atoms with Crippen molar-refractivity contribution in [2.24, 2.45) is 0 Å².